The van der Waals surface area contributed by atoms with Gasteiger partial charge in [0.05, 0.1) is 0 Å². The average molecular weight is 354 g/mol. The molecule has 0 amide bonds. The van der Waals surface area contributed by atoms with E-state index in [4.69, 9.17) is 0 Å². The molecule has 0 fully saturated rings. The first kappa shape index (κ1) is 15.3. The molecule has 0 atom stereocenters. The number of fused-ring (bicyclic) bond motifs is 1. The van der Waals surface area contributed by atoms with E-state index >= 15 is 0 Å². The molecule has 2 heterocycles. The van der Waals surface area contributed by atoms with E-state index in [2.05, 4.69) is 15.1 Å². The number of benzene rings is 2. The Morgan fingerprint density at radius 3 is 2.30 bits per heavy atom. The zero-order valence-electron chi connectivity index (χ0n) is 12.3. The molecular weight excluding hydrogens is 342 g/mol. The zero-order valence-corrected chi connectivity index (χ0v) is 15.3. The molecule has 0 spiro atoms. The minimum atomic E-state index is 0. The summed E-state index contributed by atoms with van der Waals surface area (Å²) in [6.07, 6.45) is 3.25. The van der Waals surface area contributed by atoms with Crippen LogP contribution in [0.3, 0.4) is 0 Å². The number of rotatable bonds is 2. The van der Waals surface area contributed by atoms with E-state index in [1.54, 1.807) is 29.2 Å². The smallest absolute Gasteiger partial charge is 0.200 e. The molecule has 0 saturated heterocycles. The van der Waals surface area contributed by atoms with Gasteiger partial charge in [0.25, 0.3) is 0 Å². The van der Waals surface area contributed by atoms with Crippen LogP contribution in [0.25, 0.3) is 28.1 Å². The molecule has 0 radical (unpaired) electrons. The van der Waals surface area contributed by atoms with Crippen molar-refractivity contribution < 1.29 is 24.6 Å². The fourth-order valence-corrected chi connectivity index (χ4v) is 2.49. The van der Waals surface area contributed by atoms with Gasteiger partial charge in [0.2, 0.25) is 5.65 Å². The number of phenolic OH excluding ortho intramolecular Hbond substituents is 1. The number of hydrogen-bond acceptors (Lipinski definition) is 4. The van der Waals surface area contributed by atoms with Gasteiger partial charge in [-0.25, -0.2) is 14.6 Å². The van der Waals surface area contributed by atoms with Gasteiger partial charge in [0.1, 0.15) is 22.6 Å². The number of hydrogen-bond donors (Lipinski definition) is 1. The van der Waals surface area contributed by atoms with Crippen molar-refractivity contribution >= 4 is 11.2 Å². The van der Waals surface area contributed by atoms with Crippen LogP contribution >= 0.6 is 0 Å². The molecule has 108 valence electrons. The van der Waals surface area contributed by atoms with E-state index in [-0.39, 0.29) is 25.2 Å². The Hall–Kier alpha value is -2.59. The Morgan fingerprint density at radius 1 is 0.826 bits per heavy atom. The van der Waals surface area contributed by atoms with Gasteiger partial charge in [-0.05, 0) is 12.1 Å². The summed E-state index contributed by atoms with van der Waals surface area (Å²) in [5.74, 6) is 0.160. The quantitative estimate of drug-likeness (QED) is 0.562. The van der Waals surface area contributed by atoms with Gasteiger partial charge in [-0.15, -0.1) is 5.10 Å². The van der Waals surface area contributed by atoms with Gasteiger partial charge in [0.15, 0.2) is 0 Å². The summed E-state index contributed by atoms with van der Waals surface area (Å²) in [7, 11) is 0. The Bertz CT molecular complexity index is 953. The van der Waals surface area contributed by atoms with Crippen molar-refractivity contribution in [1.29, 1.82) is 0 Å². The molecule has 0 aliphatic heterocycles. The van der Waals surface area contributed by atoms with Crippen molar-refractivity contribution in [2.75, 3.05) is 0 Å². The van der Waals surface area contributed by atoms with E-state index in [1.807, 2.05) is 42.5 Å². The van der Waals surface area contributed by atoms with Crippen molar-refractivity contribution in [1.82, 2.24) is 19.7 Å². The number of aromatic hydroxyl groups is 1. The third-order valence-corrected chi connectivity index (χ3v) is 3.47. The normalized spacial score (nSPS) is 10.4. The van der Waals surface area contributed by atoms with E-state index in [0.29, 0.717) is 16.9 Å². The van der Waals surface area contributed by atoms with Crippen molar-refractivity contribution in [3.63, 3.8) is 0 Å². The topological polar surface area (TPSA) is 63.8 Å². The van der Waals surface area contributed by atoms with Crippen molar-refractivity contribution in [2.45, 2.75) is 0 Å². The second-order valence-electron chi connectivity index (χ2n) is 4.84. The number of phenols is 1. The van der Waals surface area contributed by atoms with Crippen molar-refractivity contribution in [3.8, 4) is 22.7 Å². The second-order valence-corrected chi connectivity index (χ2v) is 4.84. The Kier molecular flexibility index (Phi) is 4.17. The van der Waals surface area contributed by atoms with E-state index in [0.717, 1.165) is 11.3 Å². The summed E-state index contributed by atoms with van der Waals surface area (Å²) < 4.78 is 1.69. The molecule has 5 nitrogen and oxygen atoms in total. The number of aromatic nitrogens is 4. The van der Waals surface area contributed by atoms with Gasteiger partial charge in [-0.1, -0.05) is 42.5 Å². The van der Waals surface area contributed by atoms with Crippen LogP contribution in [0.15, 0.2) is 67.0 Å². The van der Waals surface area contributed by atoms with Crippen LogP contribution < -0.4 is 0 Å². The summed E-state index contributed by atoms with van der Waals surface area (Å²) in [4.78, 5) is 8.67. The molecule has 0 saturated carbocycles. The van der Waals surface area contributed by atoms with Gasteiger partial charge >= 0.3 is 0 Å². The second kappa shape index (κ2) is 6.26. The summed E-state index contributed by atoms with van der Waals surface area (Å²) in [6.45, 7) is 0. The van der Waals surface area contributed by atoms with Gasteiger partial charge in [0, 0.05) is 37.4 Å². The van der Waals surface area contributed by atoms with Crippen LogP contribution in [0.2, 0.25) is 0 Å². The first-order chi connectivity index (χ1) is 10.8. The van der Waals surface area contributed by atoms with E-state index in [1.165, 1.54) is 0 Å². The molecule has 2 aromatic heterocycles. The zero-order chi connectivity index (χ0) is 14.9. The SMILES string of the molecule is Oc1ccccc1-n1nc2nccnc2c1-c1ccccc1.[Zn]. The standard InChI is InChI=1S/C17H12N4O.Zn/c22-14-9-5-4-8-13(14)21-16(12-6-2-1-3-7-12)15-17(20-21)19-11-10-18-15;/h1-11,22H;. The third-order valence-electron chi connectivity index (χ3n) is 3.47. The summed E-state index contributed by atoms with van der Waals surface area (Å²) in [5.41, 5.74) is 3.63. The van der Waals surface area contributed by atoms with Crippen LogP contribution in [0.1, 0.15) is 0 Å². The third kappa shape index (κ3) is 2.62. The van der Waals surface area contributed by atoms with Crippen molar-refractivity contribution in [3.05, 3.63) is 67.0 Å². The molecule has 2 aromatic carbocycles. The van der Waals surface area contributed by atoms with E-state index < -0.39 is 0 Å². The number of nitrogens with zero attached hydrogens (tertiary/aromatic N) is 4. The molecule has 0 unspecified atom stereocenters. The fraction of sp³-hybridized carbons (Fsp3) is 0. The minimum absolute atomic E-state index is 0. The van der Waals surface area contributed by atoms with Crippen molar-refractivity contribution in [2.24, 2.45) is 0 Å². The van der Waals surface area contributed by atoms with Crippen LogP contribution in [0.4, 0.5) is 0 Å². The molecule has 0 bridgehead atoms. The monoisotopic (exact) mass is 352 g/mol. The van der Waals surface area contributed by atoms with Gasteiger partial charge in [-0.2, -0.15) is 0 Å². The Morgan fingerprint density at radius 2 is 1.52 bits per heavy atom. The van der Waals surface area contributed by atoms with Crippen LogP contribution in [0, 0.1) is 0 Å². The molecule has 1 N–H and O–H groups in total. The molecule has 6 heteroatoms. The molecule has 0 aliphatic rings. The summed E-state index contributed by atoms with van der Waals surface area (Å²) >= 11 is 0. The fourth-order valence-electron chi connectivity index (χ4n) is 2.49. The first-order valence-corrected chi connectivity index (χ1v) is 6.88. The van der Waals surface area contributed by atoms with Crippen LogP contribution in [-0.2, 0) is 19.5 Å². The Balaban J connectivity index is 0.00000156. The Labute approximate surface area is 145 Å². The van der Waals surface area contributed by atoms with Crippen LogP contribution in [-0.4, -0.2) is 24.9 Å². The maximum absolute atomic E-state index is 10.2. The molecule has 4 aromatic rings. The van der Waals surface area contributed by atoms with Gasteiger partial charge in [-0.3, -0.25) is 0 Å². The maximum atomic E-state index is 10.2. The largest absolute Gasteiger partial charge is 0.506 e. The maximum Gasteiger partial charge on any atom is 0.200 e. The summed E-state index contributed by atoms with van der Waals surface area (Å²) in [6, 6.07) is 16.9. The predicted molar refractivity (Wildman–Crippen MR) is 83.8 cm³/mol. The molecule has 23 heavy (non-hydrogen) atoms. The first-order valence-electron chi connectivity index (χ1n) is 6.88. The minimum Gasteiger partial charge on any atom is -0.506 e. The predicted octanol–water partition coefficient (Wildman–Crippen LogP) is 3.19. The number of para-hydroxylation sites is 2. The molecular formula is C17H12N4OZn. The summed E-state index contributed by atoms with van der Waals surface area (Å²) in [5, 5.41) is 14.7. The molecule has 4 rings (SSSR count). The molecule has 0 aliphatic carbocycles. The van der Waals surface area contributed by atoms with Crippen LogP contribution in [0.5, 0.6) is 5.75 Å². The van der Waals surface area contributed by atoms with E-state index in [9.17, 15) is 5.11 Å². The average Bonchev–Trinajstić information content (AvgIpc) is 2.95. The van der Waals surface area contributed by atoms with Gasteiger partial charge < -0.3 is 5.11 Å².